The molecule has 7 heteroatoms. The summed E-state index contributed by atoms with van der Waals surface area (Å²) in [5.41, 5.74) is 5.38. The first kappa shape index (κ1) is 15.4. The standard InChI is InChI=1S/C12H17FN2O3S/c1-15(2)12(16)4-3-7-19(17,18)11-6-5-9(13)8-10(11)14/h5-6,8H,3-4,7,14H2,1-2H3. The minimum atomic E-state index is -3.59. The van der Waals surface area contributed by atoms with Gasteiger partial charge in [0.25, 0.3) is 0 Å². The molecule has 0 unspecified atom stereocenters. The van der Waals surface area contributed by atoms with Gasteiger partial charge in [0, 0.05) is 20.5 Å². The number of amides is 1. The molecule has 1 amide bonds. The zero-order valence-electron chi connectivity index (χ0n) is 10.9. The Morgan fingerprint density at radius 3 is 2.53 bits per heavy atom. The third kappa shape index (κ3) is 4.20. The number of rotatable bonds is 5. The van der Waals surface area contributed by atoms with Crippen molar-refractivity contribution in [3.63, 3.8) is 0 Å². The van der Waals surface area contributed by atoms with E-state index >= 15 is 0 Å². The smallest absolute Gasteiger partial charge is 0.222 e. The first-order valence-corrected chi connectivity index (χ1v) is 7.37. The largest absolute Gasteiger partial charge is 0.398 e. The molecule has 1 aromatic carbocycles. The molecule has 0 aliphatic carbocycles. The summed E-state index contributed by atoms with van der Waals surface area (Å²) >= 11 is 0. The Morgan fingerprint density at radius 2 is 2.00 bits per heavy atom. The van der Waals surface area contributed by atoms with Gasteiger partial charge in [-0.3, -0.25) is 4.79 Å². The van der Waals surface area contributed by atoms with Gasteiger partial charge in [0.05, 0.1) is 16.3 Å². The molecule has 19 heavy (non-hydrogen) atoms. The molecule has 0 aromatic heterocycles. The highest BCUT2D eigenvalue weighted by Gasteiger charge is 2.18. The summed E-state index contributed by atoms with van der Waals surface area (Å²) in [6.07, 6.45) is 0.351. The number of anilines is 1. The maximum absolute atomic E-state index is 12.9. The van der Waals surface area contributed by atoms with E-state index in [4.69, 9.17) is 5.73 Å². The van der Waals surface area contributed by atoms with Crippen molar-refractivity contribution >= 4 is 21.4 Å². The molecule has 0 heterocycles. The van der Waals surface area contributed by atoms with Crippen molar-refractivity contribution in [2.45, 2.75) is 17.7 Å². The topological polar surface area (TPSA) is 80.5 Å². The van der Waals surface area contributed by atoms with Crippen molar-refractivity contribution in [1.82, 2.24) is 4.90 Å². The van der Waals surface area contributed by atoms with Crippen LogP contribution in [0.4, 0.5) is 10.1 Å². The molecule has 0 radical (unpaired) electrons. The van der Waals surface area contributed by atoms with E-state index in [2.05, 4.69) is 0 Å². The third-order valence-corrected chi connectivity index (χ3v) is 4.48. The summed E-state index contributed by atoms with van der Waals surface area (Å²) < 4.78 is 36.8. The van der Waals surface area contributed by atoms with Crippen LogP contribution in [-0.2, 0) is 14.6 Å². The first-order chi connectivity index (χ1) is 8.74. The number of nitrogens with two attached hydrogens (primary N) is 1. The average molecular weight is 288 g/mol. The van der Waals surface area contributed by atoms with Crippen LogP contribution < -0.4 is 5.73 Å². The van der Waals surface area contributed by atoms with Crippen LogP contribution in [0.2, 0.25) is 0 Å². The van der Waals surface area contributed by atoms with Gasteiger partial charge in [-0.25, -0.2) is 12.8 Å². The average Bonchev–Trinajstić information content (AvgIpc) is 2.27. The lowest BCUT2D eigenvalue weighted by Gasteiger charge is -2.10. The maximum Gasteiger partial charge on any atom is 0.222 e. The second-order valence-corrected chi connectivity index (χ2v) is 6.47. The highest BCUT2D eigenvalue weighted by molar-refractivity contribution is 7.91. The fraction of sp³-hybridized carbons (Fsp3) is 0.417. The van der Waals surface area contributed by atoms with Gasteiger partial charge in [0.2, 0.25) is 5.91 Å². The highest BCUT2D eigenvalue weighted by Crippen LogP contribution is 2.21. The number of benzene rings is 1. The molecule has 0 fully saturated rings. The fourth-order valence-corrected chi connectivity index (χ4v) is 2.99. The van der Waals surface area contributed by atoms with E-state index < -0.39 is 15.7 Å². The predicted octanol–water partition coefficient (Wildman–Crippen LogP) is 1.05. The number of nitrogens with zero attached hydrogens (tertiary/aromatic N) is 1. The lowest BCUT2D eigenvalue weighted by Crippen LogP contribution is -2.22. The van der Waals surface area contributed by atoms with Gasteiger partial charge in [0.15, 0.2) is 9.84 Å². The van der Waals surface area contributed by atoms with Gasteiger partial charge in [0.1, 0.15) is 5.82 Å². The molecule has 0 saturated carbocycles. The van der Waals surface area contributed by atoms with Crippen molar-refractivity contribution in [3.05, 3.63) is 24.0 Å². The Bertz CT molecular complexity index is 570. The number of sulfone groups is 1. The van der Waals surface area contributed by atoms with Crippen LogP contribution in [0.25, 0.3) is 0 Å². The van der Waals surface area contributed by atoms with Gasteiger partial charge in [-0.1, -0.05) is 0 Å². The molecule has 1 rings (SSSR count). The second kappa shape index (κ2) is 6.01. The molecule has 0 saturated heterocycles. The number of hydrogen-bond acceptors (Lipinski definition) is 4. The van der Waals surface area contributed by atoms with Crippen molar-refractivity contribution in [3.8, 4) is 0 Å². The summed E-state index contributed by atoms with van der Waals surface area (Å²) in [6.45, 7) is 0. The maximum atomic E-state index is 12.9. The molecule has 2 N–H and O–H groups in total. The normalized spacial score (nSPS) is 11.3. The van der Waals surface area contributed by atoms with E-state index in [0.29, 0.717) is 0 Å². The van der Waals surface area contributed by atoms with Crippen molar-refractivity contribution < 1.29 is 17.6 Å². The number of hydrogen-bond donors (Lipinski definition) is 1. The van der Waals surface area contributed by atoms with Crippen LogP contribution in [0.1, 0.15) is 12.8 Å². The zero-order valence-corrected chi connectivity index (χ0v) is 11.7. The summed E-state index contributed by atoms with van der Waals surface area (Å²) in [5, 5.41) is 0. The van der Waals surface area contributed by atoms with Crippen LogP contribution >= 0.6 is 0 Å². The van der Waals surface area contributed by atoms with Gasteiger partial charge in [-0.2, -0.15) is 0 Å². The number of halogens is 1. The number of nitrogen functional groups attached to an aromatic ring is 1. The van der Waals surface area contributed by atoms with Gasteiger partial charge in [-0.05, 0) is 24.6 Å². The summed E-state index contributed by atoms with van der Waals surface area (Å²) in [7, 11) is -0.380. The van der Waals surface area contributed by atoms with Crippen LogP contribution in [-0.4, -0.2) is 39.1 Å². The molecule has 106 valence electrons. The molecule has 0 spiro atoms. The fourth-order valence-electron chi connectivity index (χ4n) is 1.55. The number of carbonyl (C=O) groups excluding carboxylic acids is 1. The van der Waals surface area contributed by atoms with Gasteiger partial charge in [-0.15, -0.1) is 0 Å². The Hall–Kier alpha value is -1.63. The Morgan fingerprint density at radius 1 is 1.37 bits per heavy atom. The minimum Gasteiger partial charge on any atom is -0.398 e. The number of carbonyl (C=O) groups is 1. The lowest BCUT2D eigenvalue weighted by molar-refractivity contribution is -0.128. The Balaban J connectivity index is 2.74. The van der Waals surface area contributed by atoms with Crippen LogP contribution in [0.15, 0.2) is 23.1 Å². The zero-order chi connectivity index (χ0) is 14.6. The van der Waals surface area contributed by atoms with E-state index in [1.54, 1.807) is 14.1 Å². The quantitative estimate of drug-likeness (QED) is 0.648. The van der Waals surface area contributed by atoms with E-state index in [0.717, 1.165) is 18.2 Å². The van der Waals surface area contributed by atoms with E-state index in [1.807, 2.05) is 0 Å². The lowest BCUT2D eigenvalue weighted by atomic mass is 10.3. The van der Waals surface area contributed by atoms with Crippen LogP contribution in [0.3, 0.4) is 0 Å². The molecular formula is C12H17FN2O3S. The molecule has 0 bridgehead atoms. The van der Waals surface area contributed by atoms with Crippen LogP contribution in [0.5, 0.6) is 0 Å². The Labute approximate surface area is 112 Å². The Kier molecular flexibility index (Phi) is 4.88. The van der Waals surface area contributed by atoms with Crippen molar-refractivity contribution in [2.75, 3.05) is 25.6 Å². The van der Waals surface area contributed by atoms with Crippen molar-refractivity contribution in [1.29, 1.82) is 0 Å². The van der Waals surface area contributed by atoms with E-state index in [-0.39, 0.29) is 35.1 Å². The molecule has 0 aliphatic heterocycles. The second-order valence-electron chi connectivity index (χ2n) is 4.39. The summed E-state index contributed by atoms with van der Waals surface area (Å²) in [5.74, 6) is -0.913. The van der Waals surface area contributed by atoms with E-state index in [9.17, 15) is 17.6 Å². The summed E-state index contributed by atoms with van der Waals surface area (Å²) in [6, 6.07) is 3.17. The van der Waals surface area contributed by atoms with Gasteiger partial charge < -0.3 is 10.6 Å². The molecule has 5 nitrogen and oxygen atoms in total. The molecule has 0 aliphatic rings. The summed E-state index contributed by atoms with van der Waals surface area (Å²) in [4.78, 5) is 12.6. The highest BCUT2D eigenvalue weighted by atomic mass is 32.2. The van der Waals surface area contributed by atoms with E-state index in [1.165, 1.54) is 4.90 Å². The SMILES string of the molecule is CN(C)C(=O)CCCS(=O)(=O)c1ccc(F)cc1N. The third-order valence-electron chi connectivity index (χ3n) is 2.61. The van der Waals surface area contributed by atoms with Crippen molar-refractivity contribution in [2.24, 2.45) is 0 Å². The molecular weight excluding hydrogens is 271 g/mol. The van der Waals surface area contributed by atoms with Gasteiger partial charge >= 0.3 is 0 Å². The first-order valence-electron chi connectivity index (χ1n) is 5.72. The molecule has 1 aromatic rings. The monoisotopic (exact) mass is 288 g/mol. The molecule has 0 atom stereocenters. The minimum absolute atomic E-state index is 0.0915. The predicted molar refractivity (Wildman–Crippen MR) is 70.8 cm³/mol. The van der Waals surface area contributed by atoms with Crippen LogP contribution in [0, 0.1) is 5.82 Å².